The largest absolute Gasteiger partial charge is 0.367 e. The highest BCUT2D eigenvalue weighted by atomic mass is 32.2. The van der Waals surface area contributed by atoms with E-state index in [9.17, 15) is 4.21 Å². The van der Waals surface area contributed by atoms with Crippen LogP contribution in [0.4, 0.5) is 5.82 Å². The minimum Gasteiger partial charge on any atom is -0.367 e. The first-order chi connectivity index (χ1) is 9.62. The van der Waals surface area contributed by atoms with Crippen molar-refractivity contribution in [1.29, 1.82) is 0 Å². The normalized spacial score (nSPS) is 24.4. The number of hydrogen-bond donors (Lipinski definition) is 1. The number of hydrogen-bond acceptors (Lipinski definition) is 4. The van der Waals surface area contributed by atoms with Crippen molar-refractivity contribution >= 4 is 16.6 Å². The summed E-state index contributed by atoms with van der Waals surface area (Å²) in [5.41, 5.74) is 1.07. The molecule has 0 aromatic carbocycles. The number of nitrogens with one attached hydrogen (secondary N) is 1. The minimum atomic E-state index is -0.675. The van der Waals surface area contributed by atoms with Crippen molar-refractivity contribution in [3.05, 3.63) is 17.6 Å². The molecular weight excluding hydrogens is 270 g/mol. The second-order valence-electron chi connectivity index (χ2n) is 5.44. The molecule has 3 unspecified atom stereocenters. The Balaban J connectivity index is 2.02. The first kappa shape index (κ1) is 15.4. The summed E-state index contributed by atoms with van der Waals surface area (Å²) in [7, 11) is -0.675. The maximum Gasteiger partial charge on any atom is 0.130 e. The van der Waals surface area contributed by atoms with Crippen LogP contribution in [0, 0.1) is 6.92 Å². The highest BCUT2D eigenvalue weighted by Gasteiger charge is 2.25. The van der Waals surface area contributed by atoms with Gasteiger partial charge in [0.1, 0.15) is 11.6 Å². The summed E-state index contributed by atoms with van der Waals surface area (Å²) in [4.78, 5) is 8.87. The molecule has 0 bridgehead atoms. The monoisotopic (exact) mass is 295 g/mol. The SMILES string of the molecule is CCc1cc(NC2CCCC(S(=O)CC)C2)nc(C)n1. The van der Waals surface area contributed by atoms with Crippen LogP contribution in [0.2, 0.25) is 0 Å². The molecule has 1 aromatic rings. The van der Waals surface area contributed by atoms with Gasteiger partial charge in [-0.05, 0) is 32.6 Å². The van der Waals surface area contributed by atoms with Crippen molar-refractivity contribution < 1.29 is 4.21 Å². The van der Waals surface area contributed by atoms with Crippen molar-refractivity contribution in [1.82, 2.24) is 9.97 Å². The Kier molecular flexibility index (Phi) is 5.52. The number of nitrogens with zero attached hydrogens (tertiary/aromatic N) is 2. The fourth-order valence-electron chi connectivity index (χ4n) is 2.84. The molecule has 0 radical (unpaired) electrons. The molecule has 2 rings (SSSR count). The molecule has 3 atom stereocenters. The van der Waals surface area contributed by atoms with Crippen LogP contribution in [0.25, 0.3) is 0 Å². The Morgan fingerprint density at radius 3 is 2.85 bits per heavy atom. The van der Waals surface area contributed by atoms with E-state index >= 15 is 0 Å². The van der Waals surface area contributed by atoms with E-state index in [0.29, 0.717) is 11.3 Å². The highest BCUT2D eigenvalue weighted by molar-refractivity contribution is 7.85. The van der Waals surface area contributed by atoms with Gasteiger partial charge in [0.15, 0.2) is 0 Å². The van der Waals surface area contributed by atoms with Gasteiger partial charge < -0.3 is 5.32 Å². The molecule has 1 aliphatic carbocycles. The lowest BCUT2D eigenvalue weighted by Gasteiger charge is -2.29. The van der Waals surface area contributed by atoms with Gasteiger partial charge in [0.25, 0.3) is 0 Å². The molecule has 1 fully saturated rings. The van der Waals surface area contributed by atoms with Gasteiger partial charge in [0, 0.05) is 39.6 Å². The Labute approximate surface area is 124 Å². The second kappa shape index (κ2) is 7.16. The maximum atomic E-state index is 12.0. The van der Waals surface area contributed by atoms with E-state index in [0.717, 1.165) is 55.2 Å². The molecule has 4 nitrogen and oxygen atoms in total. The van der Waals surface area contributed by atoms with E-state index in [4.69, 9.17) is 0 Å². The zero-order chi connectivity index (χ0) is 14.5. The van der Waals surface area contributed by atoms with Crippen molar-refractivity contribution in [3.8, 4) is 0 Å². The molecule has 0 saturated heterocycles. The van der Waals surface area contributed by atoms with Crippen LogP contribution in [-0.4, -0.2) is 31.2 Å². The fourth-order valence-corrected chi connectivity index (χ4v) is 4.19. The fraction of sp³-hybridized carbons (Fsp3) is 0.733. The van der Waals surface area contributed by atoms with E-state index < -0.39 is 10.8 Å². The smallest absolute Gasteiger partial charge is 0.130 e. The molecule has 1 saturated carbocycles. The molecule has 1 aromatic heterocycles. The van der Waals surface area contributed by atoms with Crippen LogP contribution in [0.15, 0.2) is 6.07 Å². The molecule has 0 spiro atoms. The molecule has 20 heavy (non-hydrogen) atoms. The molecule has 0 amide bonds. The van der Waals surface area contributed by atoms with E-state index in [1.807, 2.05) is 19.9 Å². The van der Waals surface area contributed by atoms with Crippen LogP contribution in [-0.2, 0) is 17.2 Å². The zero-order valence-corrected chi connectivity index (χ0v) is 13.5. The van der Waals surface area contributed by atoms with Gasteiger partial charge in [0.2, 0.25) is 0 Å². The zero-order valence-electron chi connectivity index (χ0n) is 12.7. The third-order valence-electron chi connectivity index (χ3n) is 3.89. The van der Waals surface area contributed by atoms with Crippen LogP contribution < -0.4 is 5.32 Å². The molecule has 1 N–H and O–H groups in total. The Bertz CT molecular complexity index is 478. The summed E-state index contributed by atoms with van der Waals surface area (Å²) in [6.07, 6.45) is 5.30. The van der Waals surface area contributed by atoms with Crippen LogP contribution in [0.1, 0.15) is 51.0 Å². The standard InChI is InChI=1S/C15H25N3OS/c1-4-12-10-15(17-11(3)16-12)18-13-7-6-8-14(9-13)20(19)5-2/h10,13-14H,4-9H2,1-3H3,(H,16,17,18). The average Bonchev–Trinajstić information content (AvgIpc) is 2.46. The molecule has 0 aliphatic heterocycles. The second-order valence-corrected chi connectivity index (χ2v) is 7.45. The average molecular weight is 295 g/mol. The lowest BCUT2D eigenvalue weighted by Crippen LogP contribution is -2.33. The van der Waals surface area contributed by atoms with Gasteiger partial charge in [-0.15, -0.1) is 0 Å². The highest BCUT2D eigenvalue weighted by Crippen LogP contribution is 2.25. The topological polar surface area (TPSA) is 54.9 Å². The van der Waals surface area contributed by atoms with Gasteiger partial charge in [-0.3, -0.25) is 4.21 Å². The maximum absolute atomic E-state index is 12.0. The molecule has 5 heteroatoms. The van der Waals surface area contributed by atoms with Crippen molar-refractivity contribution in [2.75, 3.05) is 11.1 Å². The van der Waals surface area contributed by atoms with Gasteiger partial charge in [-0.25, -0.2) is 9.97 Å². The van der Waals surface area contributed by atoms with Crippen molar-refractivity contribution in [3.63, 3.8) is 0 Å². The Morgan fingerprint density at radius 1 is 1.35 bits per heavy atom. The number of aryl methyl sites for hydroxylation is 2. The number of rotatable bonds is 5. The Hall–Kier alpha value is -0.970. The lowest BCUT2D eigenvalue weighted by molar-refractivity contribution is 0.464. The minimum absolute atomic E-state index is 0.347. The predicted octanol–water partition coefficient (Wildman–Crippen LogP) is 2.84. The van der Waals surface area contributed by atoms with Crippen LogP contribution in [0.3, 0.4) is 0 Å². The molecular formula is C15H25N3OS. The first-order valence-corrected chi connectivity index (χ1v) is 8.98. The molecule has 1 aliphatic rings. The first-order valence-electron chi connectivity index (χ1n) is 7.60. The van der Waals surface area contributed by atoms with E-state index in [2.05, 4.69) is 22.2 Å². The number of anilines is 1. The van der Waals surface area contributed by atoms with Crippen molar-refractivity contribution in [2.45, 2.75) is 64.2 Å². The van der Waals surface area contributed by atoms with Gasteiger partial charge in [-0.1, -0.05) is 20.3 Å². The summed E-state index contributed by atoms with van der Waals surface area (Å²) in [6, 6.07) is 2.43. The molecule has 1 heterocycles. The van der Waals surface area contributed by atoms with E-state index in [1.165, 1.54) is 0 Å². The summed E-state index contributed by atoms with van der Waals surface area (Å²) in [5, 5.41) is 3.87. The third kappa shape index (κ3) is 4.01. The van der Waals surface area contributed by atoms with Crippen molar-refractivity contribution in [2.24, 2.45) is 0 Å². The van der Waals surface area contributed by atoms with Gasteiger partial charge >= 0.3 is 0 Å². The lowest BCUT2D eigenvalue weighted by atomic mass is 9.95. The number of aromatic nitrogens is 2. The van der Waals surface area contributed by atoms with Gasteiger partial charge in [0.05, 0.1) is 0 Å². The van der Waals surface area contributed by atoms with Crippen LogP contribution >= 0.6 is 0 Å². The Morgan fingerprint density at radius 2 is 2.15 bits per heavy atom. The summed E-state index contributed by atoms with van der Waals surface area (Å²) >= 11 is 0. The quantitative estimate of drug-likeness (QED) is 0.907. The summed E-state index contributed by atoms with van der Waals surface area (Å²) in [5.74, 6) is 2.50. The summed E-state index contributed by atoms with van der Waals surface area (Å²) in [6.45, 7) is 6.04. The predicted molar refractivity (Wildman–Crippen MR) is 84.5 cm³/mol. The third-order valence-corrected chi connectivity index (χ3v) is 5.63. The van der Waals surface area contributed by atoms with E-state index in [1.54, 1.807) is 0 Å². The summed E-state index contributed by atoms with van der Waals surface area (Å²) < 4.78 is 12.0. The molecule has 112 valence electrons. The van der Waals surface area contributed by atoms with E-state index in [-0.39, 0.29) is 0 Å². The van der Waals surface area contributed by atoms with Crippen LogP contribution in [0.5, 0.6) is 0 Å². The van der Waals surface area contributed by atoms with Gasteiger partial charge in [-0.2, -0.15) is 0 Å².